The van der Waals surface area contributed by atoms with Crippen LogP contribution in [-0.4, -0.2) is 37.2 Å². The molecule has 0 fully saturated rings. The predicted octanol–water partition coefficient (Wildman–Crippen LogP) is 25.3. The fourth-order valence-electron chi connectivity index (χ4n) is 11.1. The van der Waals surface area contributed by atoms with Gasteiger partial charge in [0.2, 0.25) is 0 Å². The van der Waals surface area contributed by atoms with Crippen LogP contribution < -0.4 is 0 Å². The summed E-state index contributed by atoms with van der Waals surface area (Å²) in [6.07, 6.45) is 90.1. The Morgan fingerprint density at radius 2 is 0.476 bits per heavy atom. The average molecular weight is 1150 g/mol. The van der Waals surface area contributed by atoms with E-state index in [1.807, 2.05) is 0 Å². The van der Waals surface area contributed by atoms with Crippen molar-refractivity contribution in [3.05, 3.63) is 48.6 Å². The molecule has 1 atom stereocenters. The topological polar surface area (TPSA) is 78.9 Å². The van der Waals surface area contributed by atoms with E-state index >= 15 is 0 Å². The number of esters is 3. The predicted molar refractivity (Wildman–Crippen MR) is 358 cm³/mol. The average Bonchev–Trinajstić information content (AvgIpc) is 3.47. The summed E-state index contributed by atoms with van der Waals surface area (Å²) < 4.78 is 17.0. The number of unbranched alkanes of at least 4 members (excludes halogenated alkanes) is 49. The smallest absolute Gasteiger partial charge is 0.306 e. The van der Waals surface area contributed by atoms with Crippen LogP contribution in [0, 0.1) is 0 Å². The molecule has 0 aromatic rings. The molecule has 0 N–H and O–H groups in total. The number of rotatable bonds is 68. The summed E-state index contributed by atoms with van der Waals surface area (Å²) >= 11 is 0. The molecule has 0 aliphatic rings. The van der Waals surface area contributed by atoms with E-state index in [9.17, 15) is 14.4 Å². The third kappa shape index (κ3) is 68.2. The number of carbonyl (C=O) groups excluding carboxylic acids is 3. The Balaban J connectivity index is 4.20. The molecule has 0 aromatic carbocycles. The lowest BCUT2D eigenvalue weighted by Gasteiger charge is -2.18. The van der Waals surface area contributed by atoms with Gasteiger partial charge in [-0.1, -0.05) is 371 Å². The highest BCUT2D eigenvalue weighted by atomic mass is 16.6. The van der Waals surface area contributed by atoms with Crippen LogP contribution in [0.1, 0.15) is 400 Å². The lowest BCUT2D eigenvalue weighted by atomic mass is 10.0. The molecule has 480 valence electrons. The third-order valence-electron chi connectivity index (χ3n) is 16.6. The number of hydrogen-bond acceptors (Lipinski definition) is 6. The van der Waals surface area contributed by atoms with Crippen LogP contribution in [0.15, 0.2) is 48.6 Å². The van der Waals surface area contributed by atoms with Gasteiger partial charge in [0.05, 0.1) is 0 Å². The van der Waals surface area contributed by atoms with Gasteiger partial charge in [-0.05, 0) is 57.8 Å². The maximum Gasteiger partial charge on any atom is 0.306 e. The van der Waals surface area contributed by atoms with E-state index < -0.39 is 6.10 Å². The molecule has 1 unspecified atom stereocenters. The van der Waals surface area contributed by atoms with Gasteiger partial charge in [-0.25, -0.2) is 0 Å². The molecule has 0 bridgehead atoms. The largest absolute Gasteiger partial charge is 0.462 e. The monoisotopic (exact) mass is 1150 g/mol. The van der Waals surface area contributed by atoms with E-state index in [2.05, 4.69) is 69.4 Å². The molecule has 0 rings (SSSR count). The van der Waals surface area contributed by atoms with E-state index in [0.29, 0.717) is 19.3 Å². The van der Waals surface area contributed by atoms with Gasteiger partial charge in [0.15, 0.2) is 6.10 Å². The molecule has 0 aliphatic carbocycles. The first-order valence-corrected chi connectivity index (χ1v) is 36.6. The van der Waals surface area contributed by atoms with Gasteiger partial charge < -0.3 is 14.2 Å². The maximum atomic E-state index is 12.9. The number of allylic oxidation sites excluding steroid dienone is 8. The van der Waals surface area contributed by atoms with Crippen LogP contribution in [0.25, 0.3) is 0 Å². The zero-order valence-electron chi connectivity index (χ0n) is 55.3. The Labute approximate surface area is 511 Å². The van der Waals surface area contributed by atoms with E-state index in [4.69, 9.17) is 14.2 Å². The second-order valence-corrected chi connectivity index (χ2v) is 24.8. The quantitative estimate of drug-likeness (QED) is 0.0261. The first-order valence-electron chi connectivity index (χ1n) is 36.6. The standard InChI is InChI=1S/C76H140O6/c1-4-7-10-13-16-19-22-25-28-30-32-33-34-35-36-37-38-39-40-41-42-44-45-48-51-54-57-60-63-66-69-75(78)81-72-73(71-80-74(77)68-65-62-59-56-53-50-47-27-24-21-18-15-12-9-6-3)82-76(79)70-67-64-61-58-55-52-49-46-43-31-29-26-23-20-17-14-11-8-5-2/h8,11,17,20,26,29,43,46,73H,4-7,9-10,12-16,18-19,21-25,27-28,30-42,44-45,47-72H2,1-3H3/b11-8-,20-17-,29-26-,46-43-. The maximum absolute atomic E-state index is 12.9. The van der Waals surface area contributed by atoms with Crippen LogP contribution in [-0.2, 0) is 28.6 Å². The second-order valence-electron chi connectivity index (χ2n) is 24.8. The molecule has 82 heavy (non-hydrogen) atoms. The van der Waals surface area contributed by atoms with E-state index in [1.54, 1.807) is 0 Å². The molecule has 0 amide bonds. The van der Waals surface area contributed by atoms with Crippen molar-refractivity contribution in [2.45, 2.75) is 406 Å². The van der Waals surface area contributed by atoms with E-state index in [0.717, 1.165) is 96.3 Å². The van der Waals surface area contributed by atoms with E-state index in [-0.39, 0.29) is 31.1 Å². The lowest BCUT2D eigenvalue weighted by molar-refractivity contribution is -0.167. The van der Waals surface area contributed by atoms with Crippen LogP contribution in [0.2, 0.25) is 0 Å². The summed E-state index contributed by atoms with van der Waals surface area (Å²) in [6.45, 7) is 6.59. The summed E-state index contributed by atoms with van der Waals surface area (Å²) in [6, 6.07) is 0. The fraction of sp³-hybridized carbons (Fsp3) is 0.855. The van der Waals surface area contributed by atoms with Crippen molar-refractivity contribution in [2.75, 3.05) is 13.2 Å². The molecule has 0 heterocycles. The summed E-state index contributed by atoms with van der Waals surface area (Å²) in [4.78, 5) is 38.5. The van der Waals surface area contributed by atoms with Crippen molar-refractivity contribution >= 4 is 17.9 Å². The highest BCUT2D eigenvalue weighted by Crippen LogP contribution is 2.19. The Kier molecular flexibility index (Phi) is 68.6. The summed E-state index contributed by atoms with van der Waals surface area (Å²) in [5.74, 6) is -0.859. The van der Waals surface area contributed by atoms with Crippen LogP contribution in [0.3, 0.4) is 0 Å². The van der Waals surface area contributed by atoms with Crippen molar-refractivity contribution in [3.8, 4) is 0 Å². The van der Waals surface area contributed by atoms with Crippen molar-refractivity contribution in [1.82, 2.24) is 0 Å². The second kappa shape index (κ2) is 70.9. The number of carbonyl (C=O) groups is 3. The molecule has 0 spiro atoms. The molecule has 0 radical (unpaired) electrons. The van der Waals surface area contributed by atoms with Gasteiger partial charge in [-0.3, -0.25) is 14.4 Å². The third-order valence-corrected chi connectivity index (χ3v) is 16.6. The molecule has 6 heteroatoms. The normalized spacial score (nSPS) is 12.3. The van der Waals surface area contributed by atoms with Crippen LogP contribution in [0.5, 0.6) is 0 Å². The SMILES string of the molecule is CC/C=C\C/C=C\C/C=C\C/C=C\CCCCCCCCC(=O)OC(COC(=O)CCCCCCCCCCCCCCCCC)COC(=O)CCCCCCCCCCCCCCCCCCCCCCCCCCCCCCCC. The number of ether oxygens (including phenoxy) is 3. The summed E-state index contributed by atoms with van der Waals surface area (Å²) in [7, 11) is 0. The van der Waals surface area contributed by atoms with Gasteiger partial charge in [0, 0.05) is 19.3 Å². The Morgan fingerprint density at radius 3 is 0.744 bits per heavy atom. The van der Waals surface area contributed by atoms with Crippen molar-refractivity contribution in [2.24, 2.45) is 0 Å². The lowest BCUT2D eigenvalue weighted by Crippen LogP contribution is -2.30. The molecule has 0 aromatic heterocycles. The van der Waals surface area contributed by atoms with Crippen molar-refractivity contribution in [1.29, 1.82) is 0 Å². The minimum Gasteiger partial charge on any atom is -0.462 e. The fourth-order valence-corrected chi connectivity index (χ4v) is 11.1. The van der Waals surface area contributed by atoms with Crippen LogP contribution in [0.4, 0.5) is 0 Å². The van der Waals surface area contributed by atoms with Gasteiger partial charge in [-0.2, -0.15) is 0 Å². The molecule has 0 saturated heterocycles. The van der Waals surface area contributed by atoms with Gasteiger partial charge in [0.1, 0.15) is 13.2 Å². The van der Waals surface area contributed by atoms with E-state index in [1.165, 1.54) is 263 Å². The molecule has 0 aliphatic heterocycles. The first kappa shape index (κ1) is 79.4. The Bertz CT molecular complexity index is 1410. The highest BCUT2D eigenvalue weighted by molar-refractivity contribution is 5.71. The van der Waals surface area contributed by atoms with Gasteiger partial charge in [0.25, 0.3) is 0 Å². The molecular formula is C76H140O6. The summed E-state index contributed by atoms with van der Waals surface area (Å²) in [5, 5.41) is 0. The number of hydrogen-bond donors (Lipinski definition) is 0. The minimum absolute atomic E-state index is 0.0737. The molecule has 6 nitrogen and oxygen atoms in total. The van der Waals surface area contributed by atoms with Crippen LogP contribution >= 0.6 is 0 Å². The van der Waals surface area contributed by atoms with Crippen molar-refractivity contribution in [3.63, 3.8) is 0 Å². The zero-order valence-corrected chi connectivity index (χ0v) is 55.3. The zero-order chi connectivity index (χ0) is 59.2. The highest BCUT2D eigenvalue weighted by Gasteiger charge is 2.19. The van der Waals surface area contributed by atoms with Gasteiger partial charge in [-0.15, -0.1) is 0 Å². The Hall–Kier alpha value is -2.63. The molecular weight excluding hydrogens is 1010 g/mol. The van der Waals surface area contributed by atoms with Gasteiger partial charge >= 0.3 is 17.9 Å². The first-order chi connectivity index (χ1) is 40.5. The Morgan fingerprint density at radius 1 is 0.256 bits per heavy atom. The summed E-state index contributed by atoms with van der Waals surface area (Å²) in [5.41, 5.74) is 0. The molecule has 0 saturated carbocycles. The van der Waals surface area contributed by atoms with Crippen molar-refractivity contribution < 1.29 is 28.6 Å². The minimum atomic E-state index is -0.779.